The first-order chi connectivity index (χ1) is 9.48. The average molecular weight is 298 g/mol. The Kier molecular flexibility index (Phi) is 4.34. The van der Waals surface area contributed by atoms with Crippen LogP contribution in [0.3, 0.4) is 0 Å². The number of hydrogen-bond donors (Lipinski definition) is 1. The van der Waals surface area contributed by atoms with Crippen molar-refractivity contribution in [3.63, 3.8) is 0 Å². The van der Waals surface area contributed by atoms with Crippen molar-refractivity contribution in [2.24, 2.45) is 5.73 Å². The van der Waals surface area contributed by atoms with Crippen molar-refractivity contribution >= 4 is 23.3 Å². The van der Waals surface area contributed by atoms with Gasteiger partial charge in [0.2, 0.25) is 0 Å². The quantitative estimate of drug-likeness (QED) is 0.856. The maximum Gasteiger partial charge on any atom is 0.267 e. The van der Waals surface area contributed by atoms with Gasteiger partial charge in [-0.15, -0.1) is 5.10 Å². The van der Waals surface area contributed by atoms with Crippen molar-refractivity contribution in [1.29, 1.82) is 0 Å². The standard InChI is InChI=1S/C12H18N4O3S/c1-3-4-8-9(20-15-14-8)10(17)16-5-6-19-12(2,7-16)11(13)18/h3-7H2,1-2H3,(H2,13,18)/t12-/m1/s1. The van der Waals surface area contributed by atoms with Crippen molar-refractivity contribution in [3.05, 3.63) is 10.6 Å². The summed E-state index contributed by atoms with van der Waals surface area (Å²) in [4.78, 5) is 26.1. The van der Waals surface area contributed by atoms with Crippen LogP contribution >= 0.6 is 11.5 Å². The Morgan fingerprint density at radius 2 is 2.30 bits per heavy atom. The molecular formula is C12H18N4O3S. The topological polar surface area (TPSA) is 98.4 Å². The highest BCUT2D eigenvalue weighted by Crippen LogP contribution is 2.21. The SMILES string of the molecule is CCCc1nnsc1C(=O)N1CCO[C@@](C)(C(N)=O)C1. The van der Waals surface area contributed by atoms with E-state index in [1.807, 2.05) is 6.92 Å². The van der Waals surface area contributed by atoms with Crippen LogP contribution in [0.15, 0.2) is 0 Å². The molecular weight excluding hydrogens is 280 g/mol. The van der Waals surface area contributed by atoms with Gasteiger partial charge in [-0.1, -0.05) is 17.8 Å². The summed E-state index contributed by atoms with van der Waals surface area (Å²) in [6, 6.07) is 0. The highest BCUT2D eigenvalue weighted by Gasteiger charge is 2.40. The van der Waals surface area contributed by atoms with E-state index >= 15 is 0 Å². The number of aromatic nitrogens is 2. The van der Waals surface area contributed by atoms with Gasteiger partial charge in [-0.25, -0.2) is 0 Å². The Bertz CT molecular complexity index is 519. The average Bonchev–Trinajstić information content (AvgIpc) is 2.86. The highest BCUT2D eigenvalue weighted by molar-refractivity contribution is 7.08. The first-order valence-corrected chi connectivity index (χ1v) is 7.29. The van der Waals surface area contributed by atoms with Crippen molar-refractivity contribution in [3.8, 4) is 0 Å². The maximum atomic E-state index is 12.5. The number of morpholine rings is 1. The fourth-order valence-corrected chi connectivity index (χ4v) is 2.78. The molecule has 1 aliphatic heterocycles. The number of hydrogen-bond acceptors (Lipinski definition) is 6. The van der Waals surface area contributed by atoms with Gasteiger partial charge in [0.25, 0.3) is 11.8 Å². The number of carbonyl (C=O) groups is 2. The summed E-state index contributed by atoms with van der Waals surface area (Å²) < 4.78 is 9.26. The smallest absolute Gasteiger partial charge is 0.267 e. The van der Waals surface area contributed by atoms with Crippen LogP contribution in [0.2, 0.25) is 0 Å². The number of ether oxygens (including phenoxy) is 1. The van der Waals surface area contributed by atoms with Gasteiger partial charge in [0.15, 0.2) is 5.60 Å². The van der Waals surface area contributed by atoms with Crippen LogP contribution in [-0.2, 0) is 16.0 Å². The minimum Gasteiger partial charge on any atom is -0.367 e. The first kappa shape index (κ1) is 14.9. The molecule has 1 aliphatic rings. The molecule has 1 atom stereocenters. The van der Waals surface area contributed by atoms with Gasteiger partial charge in [0, 0.05) is 6.54 Å². The van der Waals surface area contributed by atoms with Gasteiger partial charge in [-0.2, -0.15) is 0 Å². The lowest BCUT2D eigenvalue weighted by Crippen LogP contribution is -2.58. The van der Waals surface area contributed by atoms with E-state index in [0.717, 1.165) is 30.1 Å². The molecule has 0 spiro atoms. The third-order valence-corrected chi connectivity index (χ3v) is 4.08. The second-order valence-corrected chi connectivity index (χ2v) is 5.72. The number of carbonyl (C=O) groups excluding carboxylic acids is 2. The second kappa shape index (κ2) is 5.84. The largest absolute Gasteiger partial charge is 0.367 e. The molecule has 0 unspecified atom stereocenters. The predicted octanol–water partition coefficient (Wildman–Crippen LogP) is 0.207. The number of primary amides is 1. The Morgan fingerprint density at radius 1 is 1.55 bits per heavy atom. The van der Waals surface area contributed by atoms with Crippen LogP contribution < -0.4 is 5.73 Å². The zero-order chi connectivity index (χ0) is 14.8. The number of nitrogens with two attached hydrogens (primary N) is 1. The molecule has 2 amide bonds. The molecule has 0 radical (unpaired) electrons. The van der Waals surface area contributed by atoms with E-state index < -0.39 is 11.5 Å². The van der Waals surface area contributed by atoms with Crippen molar-refractivity contribution in [2.75, 3.05) is 19.7 Å². The highest BCUT2D eigenvalue weighted by atomic mass is 32.1. The minimum absolute atomic E-state index is 0.153. The number of amides is 2. The molecule has 7 nitrogen and oxygen atoms in total. The van der Waals surface area contributed by atoms with Crippen molar-refractivity contribution in [1.82, 2.24) is 14.5 Å². The van der Waals surface area contributed by atoms with Crippen molar-refractivity contribution in [2.45, 2.75) is 32.3 Å². The van der Waals surface area contributed by atoms with Crippen LogP contribution in [0.1, 0.15) is 35.6 Å². The summed E-state index contributed by atoms with van der Waals surface area (Å²) in [5, 5.41) is 3.99. The van der Waals surface area contributed by atoms with E-state index in [1.54, 1.807) is 11.8 Å². The van der Waals surface area contributed by atoms with Gasteiger partial charge in [-0.3, -0.25) is 9.59 Å². The third kappa shape index (κ3) is 2.80. The molecule has 0 bridgehead atoms. The molecule has 20 heavy (non-hydrogen) atoms. The monoisotopic (exact) mass is 298 g/mol. The molecule has 0 aromatic carbocycles. The Hall–Kier alpha value is -1.54. The Balaban J connectivity index is 2.16. The molecule has 0 saturated carbocycles. The summed E-state index contributed by atoms with van der Waals surface area (Å²) in [6.07, 6.45) is 1.61. The van der Waals surface area contributed by atoms with Crippen LogP contribution in [0, 0.1) is 0 Å². The zero-order valence-electron chi connectivity index (χ0n) is 11.6. The van der Waals surface area contributed by atoms with Gasteiger partial charge < -0.3 is 15.4 Å². The fourth-order valence-electron chi connectivity index (χ4n) is 2.11. The Labute approximate surface area is 121 Å². The van der Waals surface area contributed by atoms with Gasteiger partial charge in [0.05, 0.1) is 18.8 Å². The van der Waals surface area contributed by atoms with Gasteiger partial charge >= 0.3 is 0 Å². The van der Waals surface area contributed by atoms with E-state index in [0.29, 0.717) is 18.0 Å². The molecule has 2 N–H and O–H groups in total. The Morgan fingerprint density at radius 3 is 2.95 bits per heavy atom. The lowest BCUT2D eigenvalue weighted by Gasteiger charge is -2.38. The van der Waals surface area contributed by atoms with Gasteiger partial charge in [-0.05, 0) is 24.9 Å². The fraction of sp³-hybridized carbons (Fsp3) is 0.667. The van der Waals surface area contributed by atoms with Gasteiger partial charge in [0.1, 0.15) is 4.88 Å². The number of aryl methyl sites for hydroxylation is 1. The van der Waals surface area contributed by atoms with Crippen molar-refractivity contribution < 1.29 is 14.3 Å². The van der Waals surface area contributed by atoms with Crippen LogP contribution in [-0.4, -0.2) is 51.6 Å². The molecule has 110 valence electrons. The first-order valence-electron chi connectivity index (χ1n) is 6.52. The van der Waals surface area contributed by atoms with E-state index in [2.05, 4.69) is 9.59 Å². The molecule has 8 heteroatoms. The number of nitrogens with zero attached hydrogens (tertiary/aromatic N) is 3. The van der Waals surface area contributed by atoms with Crippen LogP contribution in [0.5, 0.6) is 0 Å². The second-order valence-electron chi connectivity index (χ2n) is 4.97. The normalized spacial score (nSPS) is 22.8. The predicted molar refractivity (Wildman–Crippen MR) is 73.4 cm³/mol. The minimum atomic E-state index is -1.13. The zero-order valence-corrected chi connectivity index (χ0v) is 12.4. The molecule has 0 aliphatic carbocycles. The molecule has 2 rings (SSSR count). The summed E-state index contributed by atoms with van der Waals surface area (Å²) in [5.74, 6) is -0.717. The molecule has 1 fully saturated rings. The van der Waals surface area contributed by atoms with Crippen LogP contribution in [0.25, 0.3) is 0 Å². The number of rotatable bonds is 4. The summed E-state index contributed by atoms with van der Waals surface area (Å²) in [7, 11) is 0. The van der Waals surface area contributed by atoms with E-state index in [9.17, 15) is 9.59 Å². The lowest BCUT2D eigenvalue weighted by molar-refractivity contribution is -0.150. The van der Waals surface area contributed by atoms with Crippen LogP contribution in [0.4, 0.5) is 0 Å². The third-order valence-electron chi connectivity index (χ3n) is 3.32. The molecule has 2 heterocycles. The van der Waals surface area contributed by atoms with E-state index in [4.69, 9.17) is 10.5 Å². The summed E-state index contributed by atoms with van der Waals surface area (Å²) in [5.41, 5.74) is 4.93. The maximum absolute atomic E-state index is 12.5. The summed E-state index contributed by atoms with van der Waals surface area (Å²) in [6.45, 7) is 4.51. The lowest BCUT2D eigenvalue weighted by atomic mass is 10.0. The molecule has 1 saturated heterocycles. The molecule has 1 aromatic rings. The van der Waals surface area contributed by atoms with E-state index in [-0.39, 0.29) is 12.5 Å². The summed E-state index contributed by atoms with van der Waals surface area (Å²) >= 11 is 1.09. The van der Waals surface area contributed by atoms with E-state index in [1.165, 1.54) is 0 Å². The molecule has 1 aromatic heterocycles.